The number of hydrogen-bond donors (Lipinski definition) is 2. The van der Waals surface area contributed by atoms with Gasteiger partial charge < -0.3 is 11.5 Å². The van der Waals surface area contributed by atoms with E-state index in [0.717, 1.165) is 30.0 Å². The van der Waals surface area contributed by atoms with Crippen molar-refractivity contribution in [1.82, 2.24) is 0 Å². The Labute approximate surface area is 79.5 Å². The third kappa shape index (κ3) is 3.33. The number of rotatable bonds is 6. The Balaban J connectivity index is 1.89. The second kappa shape index (κ2) is 5.84. The Morgan fingerprint density at radius 2 is 1.92 bits per heavy atom. The van der Waals surface area contributed by atoms with E-state index in [9.17, 15) is 0 Å². The van der Waals surface area contributed by atoms with E-state index in [1.807, 2.05) is 11.8 Å². The minimum absolute atomic E-state index is 0.828. The van der Waals surface area contributed by atoms with Gasteiger partial charge in [-0.25, -0.2) is 0 Å². The Hall–Kier alpha value is 0.270. The van der Waals surface area contributed by atoms with Crippen LogP contribution in [-0.2, 0) is 0 Å². The van der Waals surface area contributed by atoms with E-state index in [0.29, 0.717) is 0 Å². The Bertz CT molecular complexity index is 101. The van der Waals surface area contributed by atoms with Crippen molar-refractivity contribution in [2.75, 3.05) is 18.8 Å². The molecule has 12 heavy (non-hydrogen) atoms. The van der Waals surface area contributed by atoms with Crippen LogP contribution in [0.2, 0.25) is 0 Å². The molecule has 2 nitrogen and oxygen atoms in total. The van der Waals surface area contributed by atoms with Gasteiger partial charge in [-0.15, -0.1) is 0 Å². The quantitative estimate of drug-likeness (QED) is 0.658. The molecule has 0 aliphatic heterocycles. The third-order valence-electron chi connectivity index (χ3n) is 2.48. The minimum atomic E-state index is 0.828. The minimum Gasteiger partial charge on any atom is -0.330 e. The zero-order valence-corrected chi connectivity index (χ0v) is 8.48. The number of thioether (sulfide) groups is 1. The molecule has 0 aromatic heterocycles. The van der Waals surface area contributed by atoms with Gasteiger partial charge in [0.2, 0.25) is 0 Å². The lowest BCUT2D eigenvalue weighted by Gasteiger charge is -2.34. The number of nitrogens with two attached hydrogens (primary N) is 2. The highest BCUT2D eigenvalue weighted by Gasteiger charge is 2.27. The molecule has 1 aliphatic rings. The lowest BCUT2D eigenvalue weighted by atomic mass is 9.81. The Kier molecular flexibility index (Phi) is 5.04. The summed E-state index contributed by atoms with van der Waals surface area (Å²) in [6, 6.07) is 0. The SMILES string of the molecule is NCCCC1CC(SCCN)C1. The first-order valence-corrected chi connectivity index (χ1v) is 5.93. The highest BCUT2D eigenvalue weighted by Crippen LogP contribution is 2.38. The molecular weight excluding hydrogens is 168 g/mol. The summed E-state index contributed by atoms with van der Waals surface area (Å²) in [6.07, 6.45) is 5.37. The van der Waals surface area contributed by atoms with Crippen molar-refractivity contribution in [3.05, 3.63) is 0 Å². The Morgan fingerprint density at radius 1 is 1.17 bits per heavy atom. The third-order valence-corrected chi connectivity index (χ3v) is 3.81. The molecule has 4 N–H and O–H groups in total. The van der Waals surface area contributed by atoms with E-state index in [1.165, 1.54) is 25.7 Å². The van der Waals surface area contributed by atoms with Crippen LogP contribution in [0.3, 0.4) is 0 Å². The molecule has 0 aromatic carbocycles. The predicted octanol–water partition coefficient (Wildman–Crippen LogP) is 1.20. The van der Waals surface area contributed by atoms with E-state index in [2.05, 4.69) is 0 Å². The van der Waals surface area contributed by atoms with Gasteiger partial charge in [-0.2, -0.15) is 11.8 Å². The van der Waals surface area contributed by atoms with Gasteiger partial charge in [-0.1, -0.05) is 0 Å². The van der Waals surface area contributed by atoms with Crippen LogP contribution in [0.1, 0.15) is 25.7 Å². The monoisotopic (exact) mass is 188 g/mol. The summed E-state index contributed by atoms with van der Waals surface area (Å²) >= 11 is 2.04. The van der Waals surface area contributed by atoms with Crippen LogP contribution in [-0.4, -0.2) is 24.1 Å². The fourth-order valence-electron chi connectivity index (χ4n) is 1.69. The average Bonchev–Trinajstić information content (AvgIpc) is 2.01. The molecule has 1 aliphatic carbocycles. The normalized spacial score (nSPS) is 28.5. The zero-order valence-electron chi connectivity index (χ0n) is 7.67. The molecule has 0 amide bonds. The highest BCUT2D eigenvalue weighted by molar-refractivity contribution is 7.99. The first kappa shape index (κ1) is 10.4. The molecule has 0 radical (unpaired) electrons. The lowest BCUT2D eigenvalue weighted by molar-refractivity contribution is 0.303. The van der Waals surface area contributed by atoms with Crippen molar-refractivity contribution in [3.63, 3.8) is 0 Å². The molecule has 0 unspecified atom stereocenters. The molecule has 0 spiro atoms. The van der Waals surface area contributed by atoms with Gasteiger partial charge in [0.15, 0.2) is 0 Å². The maximum atomic E-state index is 5.45. The molecule has 72 valence electrons. The first-order chi connectivity index (χ1) is 5.86. The van der Waals surface area contributed by atoms with E-state index < -0.39 is 0 Å². The van der Waals surface area contributed by atoms with Gasteiger partial charge >= 0.3 is 0 Å². The summed E-state index contributed by atoms with van der Waals surface area (Å²) in [6.45, 7) is 1.69. The van der Waals surface area contributed by atoms with Crippen LogP contribution in [0.15, 0.2) is 0 Å². The van der Waals surface area contributed by atoms with E-state index >= 15 is 0 Å². The second-order valence-electron chi connectivity index (χ2n) is 3.55. The summed E-state index contributed by atoms with van der Waals surface area (Å²) in [7, 11) is 0. The van der Waals surface area contributed by atoms with Crippen LogP contribution in [0, 0.1) is 5.92 Å². The Morgan fingerprint density at radius 3 is 2.50 bits per heavy atom. The highest BCUT2D eigenvalue weighted by atomic mass is 32.2. The van der Waals surface area contributed by atoms with Crippen LogP contribution in [0.5, 0.6) is 0 Å². The van der Waals surface area contributed by atoms with Gasteiger partial charge in [0.05, 0.1) is 0 Å². The summed E-state index contributed by atoms with van der Waals surface area (Å²) in [5.41, 5.74) is 10.9. The topological polar surface area (TPSA) is 52.0 Å². The molecule has 1 saturated carbocycles. The largest absolute Gasteiger partial charge is 0.330 e. The summed E-state index contributed by atoms with van der Waals surface area (Å²) < 4.78 is 0. The van der Waals surface area contributed by atoms with E-state index in [-0.39, 0.29) is 0 Å². The van der Waals surface area contributed by atoms with Gasteiger partial charge in [-0.3, -0.25) is 0 Å². The molecule has 0 heterocycles. The maximum Gasteiger partial charge on any atom is 0.00586 e. The smallest absolute Gasteiger partial charge is 0.00586 e. The van der Waals surface area contributed by atoms with Crippen LogP contribution < -0.4 is 11.5 Å². The van der Waals surface area contributed by atoms with Crippen LogP contribution >= 0.6 is 11.8 Å². The molecule has 0 aromatic rings. The second-order valence-corrected chi connectivity index (χ2v) is 4.96. The fourth-order valence-corrected chi connectivity index (χ4v) is 2.97. The first-order valence-electron chi connectivity index (χ1n) is 4.88. The molecular formula is C9H20N2S. The lowest BCUT2D eigenvalue weighted by Crippen LogP contribution is -2.27. The van der Waals surface area contributed by atoms with Gasteiger partial charge in [-0.05, 0) is 38.1 Å². The molecule has 0 atom stereocenters. The molecule has 3 heteroatoms. The van der Waals surface area contributed by atoms with Crippen molar-refractivity contribution in [2.45, 2.75) is 30.9 Å². The van der Waals surface area contributed by atoms with Gasteiger partial charge in [0, 0.05) is 17.5 Å². The molecule has 0 saturated heterocycles. The summed E-state index contributed by atoms with van der Waals surface area (Å²) in [5.74, 6) is 2.11. The predicted molar refractivity (Wildman–Crippen MR) is 56.3 cm³/mol. The van der Waals surface area contributed by atoms with E-state index in [1.54, 1.807) is 0 Å². The zero-order chi connectivity index (χ0) is 8.81. The maximum absolute atomic E-state index is 5.45. The van der Waals surface area contributed by atoms with Crippen molar-refractivity contribution in [1.29, 1.82) is 0 Å². The molecule has 0 bridgehead atoms. The number of hydrogen-bond acceptors (Lipinski definition) is 3. The van der Waals surface area contributed by atoms with Crippen molar-refractivity contribution >= 4 is 11.8 Å². The van der Waals surface area contributed by atoms with Gasteiger partial charge in [0.25, 0.3) is 0 Å². The van der Waals surface area contributed by atoms with Crippen molar-refractivity contribution in [2.24, 2.45) is 17.4 Å². The average molecular weight is 188 g/mol. The molecule has 1 rings (SSSR count). The fraction of sp³-hybridized carbons (Fsp3) is 1.00. The standard InChI is InChI=1S/C9H20N2S/c10-3-1-2-8-6-9(7-8)12-5-4-11/h8-9H,1-7,10-11H2. The van der Waals surface area contributed by atoms with E-state index in [4.69, 9.17) is 11.5 Å². The summed E-state index contributed by atoms with van der Waals surface area (Å²) in [5, 5.41) is 0.913. The summed E-state index contributed by atoms with van der Waals surface area (Å²) in [4.78, 5) is 0. The van der Waals surface area contributed by atoms with Crippen LogP contribution in [0.25, 0.3) is 0 Å². The van der Waals surface area contributed by atoms with Crippen molar-refractivity contribution < 1.29 is 0 Å². The van der Waals surface area contributed by atoms with Crippen LogP contribution in [0.4, 0.5) is 0 Å². The van der Waals surface area contributed by atoms with Crippen molar-refractivity contribution in [3.8, 4) is 0 Å². The van der Waals surface area contributed by atoms with Gasteiger partial charge in [0.1, 0.15) is 0 Å². The molecule has 1 fully saturated rings.